The zero-order chi connectivity index (χ0) is 5.70. The van der Waals surface area contributed by atoms with E-state index in [0.717, 1.165) is 0 Å². The molecule has 0 amide bonds. The molecule has 0 N–H and O–H groups in total. The molecule has 0 saturated heterocycles. The number of carbonyl (C=O) groups excluding carboxylic acids is 1. The van der Waals surface area contributed by atoms with Crippen LogP contribution < -0.4 is 0 Å². The van der Waals surface area contributed by atoms with Gasteiger partial charge in [-0.2, -0.15) is 12.6 Å². The number of hydrogen-bond donors (Lipinski definition) is 1. The van der Waals surface area contributed by atoms with Gasteiger partial charge in [0.1, 0.15) is 0 Å². The van der Waals surface area contributed by atoms with Crippen LogP contribution in [0.2, 0.25) is 0 Å². The Morgan fingerprint density at radius 3 is 2.38 bits per heavy atom. The molecule has 0 heterocycles. The zero-order valence-corrected chi connectivity index (χ0v) is 5.07. The molecule has 0 spiro atoms. The Hall–Kier alpha value is 1.46. The van der Waals surface area contributed by atoms with Gasteiger partial charge < -0.3 is 4.74 Å². The summed E-state index contributed by atoms with van der Waals surface area (Å²) >= 11 is 3.67. The van der Waals surface area contributed by atoms with Gasteiger partial charge in [-0.05, 0) is 6.92 Å². The Balaban J connectivity index is 0. The molecule has 0 aliphatic carbocycles. The summed E-state index contributed by atoms with van der Waals surface area (Å²) in [7, 11) is 0. The van der Waals surface area contributed by atoms with E-state index in [1.54, 1.807) is 6.92 Å². The van der Waals surface area contributed by atoms with Crippen molar-refractivity contribution in [2.24, 2.45) is 0 Å². The van der Waals surface area contributed by atoms with E-state index in [9.17, 15) is 4.79 Å². The molecule has 0 aromatic heterocycles. The summed E-state index contributed by atoms with van der Waals surface area (Å²) in [6.07, 6.45) is 0. The van der Waals surface area contributed by atoms with Crippen molar-refractivity contribution < 1.29 is 9.53 Å². The molecular formula is C4H9KO2S. The predicted octanol–water partition coefficient (Wildman–Crippen LogP) is -0.169. The second-order valence-corrected chi connectivity index (χ2v) is 1.28. The van der Waals surface area contributed by atoms with Gasteiger partial charge in [0.15, 0.2) is 0 Å². The molecule has 0 unspecified atom stereocenters. The van der Waals surface area contributed by atoms with Crippen LogP contribution in [0.25, 0.3) is 0 Å². The summed E-state index contributed by atoms with van der Waals surface area (Å²) in [6, 6.07) is 0. The first-order valence-corrected chi connectivity index (χ1v) is 2.71. The van der Waals surface area contributed by atoms with Crippen molar-refractivity contribution in [2.45, 2.75) is 6.92 Å². The molecular weight excluding hydrogens is 151 g/mol. The van der Waals surface area contributed by atoms with Crippen molar-refractivity contribution >= 4 is 70.0 Å². The van der Waals surface area contributed by atoms with E-state index in [0.29, 0.717) is 6.61 Å². The molecule has 0 radical (unpaired) electrons. The van der Waals surface area contributed by atoms with Crippen LogP contribution in [0.1, 0.15) is 6.92 Å². The van der Waals surface area contributed by atoms with Crippen LogP contribution in [-0.4, -0.2) is 69.7 Å². The first-order valence-electron chi connectivity index (χ1n) is 2.07. The van der Waals surface area contributed by atoms with Crippen LogP contribution in [-0.2, 0) is 9.53 Å². The maximum absolute atomic E-state index is 10.1. The van der Waals surface area contributed by atoms with Crippen molar-refractivity contribution in [3.63, 3.8) is 0 Å². The van der Waals surface area contributed by atoms with Gasteiger partial charge in [0.25, 0.3) is 0 Å². The molecule has 0 atom stereocenters. The summed E-state index contributed by atoms with van der Waals surface area (Å²) < 4.78 is 4.48. The van der Waals surface area contributed by atoms with E-state index < -0.39 is 0 Å². The number of thiol groups is 1. The van der Waals surface area contributed by atoms with E-state index in [4.69, 9.17) is 0 Å². The number of carbonyl (C=O) groups is 1. The summed E-state index contributed by atoms with van der Waals surface area (Å²) in [5, 5.41) is 0. The second kappa shape index (κ2) is 8.46. The van der Waals surface area contributed by atoms with Crippen LogP contribution in [0, 0.1) is 0 Å². The van der Waals surface area contributed by atoms with E-state index in [2.05, 4.69) is 17.4 Å². The normalized spacial score (nSPS) is 7.25. The first kappa shape index (κ1) is 12.2. The second-order valence-electron chi connectivity index (χ2n) is 0.963. The van der Waals surface area contributed by atoms with Crippen LogP contribution in [0.15, 0.2) is 0 Å². The van der Waals surface area contributed by atoms with Gasteiger partial charge >= 0.3 is 57.4 Å². The fourth-order valence-electron chi connectivity index (χ4n) is 0.207. The van der Waals surface area contributed by atoms with Gasteiger partial charge in [-0.3, -0.25) is 4.79 Å². The molecule has 0 fully saturated rings. The van der Waals surface area contributed by atoms with Crippen LogP contribution in [0.5, 0.6) is 0 Å². The van der Waals surface area contributed by atoms with Crippen LogP contribution in [0.3, 0.4) is 0 Å². The van der Waals surface area contributed by atoms with E-state index >= 15 is 0 Å². The van der Waals surface area contributed by atoms with Gasteiger partial charge in [0.05, 0.1) is 12.4 Å². The Morgan fingerprint density at radius 1 is 1.75 bits per heavy atom. The molecule has 0 aliphatic heterocycles. The fraction of sp³-hybridized carbons (Fsp3) is 0.750. The predicted molar refractivity (Wildman–Crippen MR) is 37.6 cm³/mol. The molecule has 4 heteroatoms. The number of hydrogen-bond acceptors (Lipinski definition) is 3. The third-order valence-electron chi connectivity index (χ3n) is 0.434. The molecule has 0 saturated carbocycles. The average molecular weight is 160 g/mol. The number of ether oxygens (including phenoxy) is 1. The van der Waals surface area contributed by atoms with Gasteiger partial charge in [-0.15, -0.1) is 0 Å². The molecule has 0 aromatic rings. The van der Waals surface area contributed by atoms with Gasteiger partial charge in [-0.25, -0.2) is 0 Å². The monoisotopic (exact) mass is 160 g/mol. The molecule has 44 valence electrons. The van der Waals surface area contributed by atoms with E-state index in [1.165, 1.54) is 0 Å². The Labute approximate surface area is 97.2 Å². The number of rotatable bonds is 2. The standard InChI is InChI=1S/C4H8O2S.K.H/c1-2-6-4(5)3-7;;/h7H,2-3H2,1H3;;. The van der Waals surface area contributed by atoms with Crippen molar-refractivity contribution in [3.8, 4) is 0 Å². The maximum atomic E-state index is 10.1. The van der Waals surface area contributed by atoms with Gasteiger partial charge in [0, 0.05) is 0 Å². The Bertz CT molecular complexity index is 67.1. The zero-order valence-electron chi connectivity index (χ0n) is 4.18. The fourth-order valence-corrected chi connectivity index (χ4v) is 0.298. The molecule has 8 heavy (non-hydrogen) atoms. The average Bonchev–Trinajstić information content (AvgIpc) is 1.68. The molecule has 0 rings (SSSR count). The van der Waals surface area contributed by atoms with Crippen LogP contribution >= 0.6 is 12.6 Å². The van der Waals surface area contributed by atoms with Gasteiger partial charge in [-0.1, -0.05) is 0 Å². The minimum absolute atomic E-state index is 0. The topological polar surface area (TPSA) is 26.3 Å². The molecule has 2 nitrogen and oxygen atoms in total. The summed E-state index contributed by atoms with van der Waals surface area (Å²) in [6.45, 7) is 2.21. The van der Waals surface area contributed by atoms with Crippen molar-refractivity contribution in [1.29, 1.82) is 0 Å². The summed E-state index contributed by atoms with van der Waals surface area (Å²) in [5.41, 5.74) is 0. The quantitative estimate of drug-likeness (QED) is 0.345. The molecule has 0 bridgehead atoms. The van der Waals surface area contributed by atoms with Crippen LogP contribution in [0.4, 0.5) is 0 Å². The SMILES string of the molecule is CCOC(=O)CS.[KH]. The molecule has 0 aromatic carbocycles. The van der Waals surface area contributed by atoms with Crippen molar-refractivity contribution in [3.05, 3.63) is 0 Å². The van der Waals surface area contributed by atoms with Gasteiger partial charge in [0.2, 0.25) is 0 Å². The Morgan fingerprint density at radius 2 is 2.25 bits per heavy atom. The van der Waals surface area contributed by atoms with E-state index in [1.807, 2.05) is 0 Å². The summed E-state index contributed by atoms with van der Waals surface area (Å²) in [4.78, 5) is 10.1. The first-order chi connectivity index (χ1) is 3.31. The van der Waals surface area contributed by atoms with Crippen molar-refractivity contribution in [1.82, 2.24) is 0 Å². The third kappa shape index (κ3) is 7.46. The number of esters is 1. The van der Waals surface area contributed by atoms with Crippen molar-refractivity contribution in [2.75, 3.05) is 12.4 Å². The summed E-state index contributed by atoms with van der Waals surface area (Å²) in [5.74, 6) is -0.0840. The Kier molecular flexibility index (Phi) is 12.9. The molecule has 0 aliphatic rings. The minimum atomic E-state index is -0.258. The van der Waals surface area contributed by atoms with E-state index in [-0.39, 0.29) is 63.1 Å². The third-order valence-corrected chi connectivity index (χ3v) is 0.693.